The van der Waals surface area contributed by atoms with Crippen molar-refractivity contribution in [1.29, 1.82) is 5.26 Å². The van der Waals surface area contributed by atoms with Crippen molar-refractivity contribution in [2.75, 3.05) is 0 Å². The lowest BCUT2D eigenvalue weighted by Crippen LogP contribution is -2.23. The normalized spacial score (nSPS) is 15.4. The Balaban J connectivity index is 1.62. The molecule has 0 unspecified atom stereocenters. The minimum Gasteiger partial charge on any atom is -0.443 e. The standard InChI is InChI=1S/C23H26N6O2/c1-23(2,3)22(30)31-15-28-11-9-18-20(25-14-26-21(18)28)17-12-27-29(13-17)19(8-10-24)16-6-4-5-7-16/h8-9,11-14,16H,4-7,15H2,1-3H3/b19-8+. The summed E-state index contributed by atoms with van der Waals surface area (Å²) in [5, 5.41) is 14.6. The summed E-state index contributed by atoms with van der Waals surface area (Å²) in [7, 11) is 0. The first-order valence-electron chi connectivity index (χ1n) is 10.5. The number of nitriles is 1. The molecule has 0 amide bonds. The molecule has 3 heterocycles. The van der Waals surface area contributed by atoms with Crippen molar-refractivity contribution in [3.63, 3.8) is 0 Å². The zero-order valence-corrected chi connectivity index (χ0v) is 18.1. The Morgan fingerprint density at radius 2 is 2.10 bits per heavy atom. The number of hydrogen-bond acceptors (Lipinski definition) is 6. The van der Waals surface area contributed by atoms with Crippen molar-refractivity contribution in [2.24, 2.45) is 11.3 Å². The molecular formula is C23H26N6O2. The van der Waals surface area contributed by atoms with Crippen LogP contribution in [0.3, 0.4) is 0 Å². The summed E-state index contributed by atoms with van der Waals surface area (Å²) in [4.78, 5) is 21.0. The van der Waals surface area contributed by atoms with Crippen molar-refractivity contribution in [2.45, 2.75) is 53.2 Å². The van der Waals surface area contributed by atoms with E-state index >= 15 is 0 Å². The van der Waals surface area contributed by atoms with E-state index in [2.05, 4.69) is 21.1 Å². The largest absolute Gasteiger partial charge is 0.443 e. The predicted octanol–water partition coefficient (Wildman–Crippen LogP) is 4.40. The van der Waals surface area contributed by atoms with Crippen LogP contribution in [0.5, 0.6) is 0 Å². The lowest BCUT2D eigenvalue weighted by Gasteiger charge is -2.17. The van der Waals surface area contributed by atoms with E-state index in [1.165, 1.54) is 19.2 Å². The van der Waals surface area contributed by atoms with Gasteiger partial charge in [0, 0.05) is 35.3 Å². The number of aromatic nitrogens is 5. The van der Waals surface area contributed by atoms with Crippen molar-refractivity contribution in [3.05, 3.63) is 37.1 Å². The molecule has 31 heavy (non-hydrogen) atoms. The van der Waals surface area contributed by atoms with Crippen molar-refractivity contribution < 1.29 is 9.53 Å². The second-order valence-corrected chi connectivity index (χ2v) is 8.91. The molecule has 0 spiro atoms. The van der Waals surface area contributed by atoms with Crippen LogP contribution in [-0.4, -0.2) is 30.3 Å². The third kappa shape index (κ3) is 4.22. The third-order valence-corrected chi connectivity index (χ3v) is 5.61. The fraction of sp³-hybridized carbons (Fsp3) is 0.435. The highest BCUT2D eigenvalue weighted by molar-refractivity contribution is 5.90. The fourth-order valence-corrected chi connectivity index (χ4v) is 3.93. The van der Waals surface area contributed by atoms with Gasteiger partial charge in [-0.25, -0.2) is 14.6 Å². The van der Waals surface area contributed by atoms with Gasteiger partial charge in [-0.2, -0.15) is 10.4 Å². The van der Waals surface area contributed by atoms with Gasteiger partial charge >= 0.3 is 5.97 Å². The number of hydrogen-bond donors (Lipinski definition) is 0. The molecule has 3 aromatic rings. The molecule has 1 saturated carbocycles. The first-order chi connectivity index (χ1) is 14.9. The maximum absolute atomic E-state index is 12.1. The number of rotatable bonds is 5. The van der Waals surface area contributed by atoms with Crippen LogP contribution < -0.4 is 0 Å². The SMILES string of the molecule is CC(C)(C)C(=O)OCn1ccc2c(-c3cnn(/C(=C/C#N)C4CCCC4)c3)ncnc21. The lowest BCUT2D eigenvalue weighted by molar-refractivity contribution is -0.156. The summed E-state index contributed by atoms with van der Waals surface area (Å²) in [5.41, 5.74) is 2.65. The van der Waals surface area contributed by atoms with Gasteiger partial charge in [0.2, 0.25) is 0 Å². The average Bonchev–Trinajstić information content (AvgIpc) is 3.50. The van der Waals surface area contributed by atoms with E-state index in [9.17, 15) is 10.1 Å². The third-order valence-electron chi connectivity index (χ3n) is 5.61. The highest BCUT2D eigenvalue weighted by Crippen LogP contribution is 2.34. The zero-order valence-electron chi connectivity index (χ0n) is 18.1. The molecule has 1 fully saturated rings. The van der Waals surface area contributed by atoms with Crippen LogP contribution in [0, 0.1) is 22.7 Å². The molecule has 8 nitrogen and oxygen atoms in total. The van der Waals surface area contributed by atoms with Crippen LogP contribution in [-0.2, 0) is 16.3 Å². The molecule has 0 atom stereocenters. The minimum atomic E-state index is -0.564. The number of fused-ring (bicyclic) bond motifs is 1. The molecule has 0 aliphatic heterocycles. The molecule has 0 aromatic carbocycles. The maximum Gasteiger partial charge on any atom is 0.312 e. The zero-order chi connectivity index (χ0) is 22.0. The Kier molecular flexibility index (Phi) is 5.59. The van der Waals surface area contributed by atoms with Gasteiger partial charge in [-0.3, -0.25) is 9.36 Å². The van der Waals surface area contributed by atoms with Crippen molar-refractivity contribution in [1.82, 2.24) is 24.3 Å². The summed E-state index contributed by atoms with van der Waals surface area (Å²) >= 11 is 0. The average molecular weight is 419 g/mol. The van der Waals surface area contributed by atoms with Crippen LogP contribution in [0.15, 0.2) is 37.1 Å². The molecule has 4 rings (SSSR count). The van der Waals surface area contributed by atoms with Gasteiger partial charge in [0.25, 0.3) is 0 Å². The number of carbonyl (C=O) groups excluding carboxylic acids is 1. The van der Waals surface area contributed by atoms with E-state index in [-0.39, 0.29) is 12.7 Å². The number of ether oxygens (including phenoxy) is 1. The second-order valence-electron chi connectivity index (χ2n) is 8.91. The van der Waals surface area contributed by atoms with Crippen LogP contribution >= 0.6 is 0 Å². The van der Waals surface area contributed by atoms with Gasteiger partial charge in [0.1, 0.15) is 12.0 Å². The van der Waals surface area contributed by atoms with Crippen molar-refractivity contribution in [3.8, 4) is 17.3 Å². The molecule has 160 valence electrons. The molecule has 1 aliphatic carbocycles. The van der Waals surface area contributed by atoms with E-state index in [0.717, 1.165) is 35.2 Å². The molecule has 0 bridgehead atoms. The van der Waals surface area contributed by atoms with Gasteiger partial charge < -0.3 is 4.74 Å². The smallest absolute Gasteiger partial charge is 0.312 e. The Morgan fingerprint density at radius 3 is 2.81 bits per heavy atom. The predicted molar refractivity (Wildman–Crippen MR) is 116 cm³/mol. The Bertz CT molecular complexity index is 1170. The summed E-state index contributed by atoms with van der Waals surface area (Å²) in [6.45, 7) is 5.55. The van der Waals surface area contributed by atoms with E-state index in [1.807, 2.05) is 39.2 Å². The molecule has 0 saturated heterocycles. The van der Waals surface area contributed by atoms with Gasteiger partial charge in [-0.1, -0.05) is 12.8 Å². The maximum atomic E-state index is 12.1. The van der Waals surface area contributed by atoms with Gasteiger partial charge in [-0.15, -0.1) is 0 Å². The summed E-state index contributed by atoms with van der Waals surface area (Å²) in [5.74, 6) is 0.0880. The number of carbonyl (C=O) groups is 1. The topological polar surface area (TPSA) is 98.6 Å². The molecule has 1 aliphatic rings. The Hall–Kier alpha value is -3.47. The quantitative estimate of drug-likeness (QED) is 0.450. The van der Waals surface area contributed by atoms with Crippen LogP contribution in [0.4, 0.5) is 0 Å². The Labute approximate surface area is 181 Å². The highest BCUT2D eigenvalue weighted by atomic mass is 16.5. The fourth-order valence-electron chi connectivity index (χ4n) is 3.93. The molecule has 0 N–H and O–H groups in total. The van der Waals surface area contributed by atoms with Crippen molar-refractivity contribution >= 4 is 22.7 Å². The Morgan fingerprint density at radius 1 is 1.32 bits per heavy atom. The number of esters is 1. The van der Waals surface area contributed by atoms with Gasteiger partial charge in [-0.05, 0) is 39.7 Å². The van der Waals surface area contributed by atoms with E-state index in [0.29, 0.717) is 11.6 Å². The molecule has 8 heteroatoms. The second kappa shape index (κ2) is 8.34. The molecular weight excluding hydrogens is 392 g/mol. The monoisotopic (exact) mass is 418 g/mol. The first-order valence-corrected chi connectivity index (χ1v) is 10.5. The summed E-state index contributed by atoms with van der Waals surface area (Å²) in [6.07, 6.45) is 13.1. The van der Waals surface area contributed by atoms with E-state index in [4.69, 9.17) is 4.74 Å². The van der Waals surface area contributed by atoms with E-state index in [1.54, 1.807) is 21.5 Å². The molecule has 3 aromatic heterocycles. The number of allylic oxidation sites excluding steroid dienone is 2. The van der Waals surface area contributed by atoms with Gasteiger partial charge in [0.15, 0.2) is 6.73 Å². The van der Waals surface area contributed by atoms with E-state index < -0.39 is 5.41 Å². The van der Waals surface area contributed by atoms with Crippen LogP contribution in [0.25, 0.3) is 28.0 Å². The first kappa shape index (κ1) is 20.8. The molecule has 0 radical (unpaired) electrons. The minimum absolute atomic E-state index is 0.0893. The van der Waals surface area contributed by atoms with Gasteiger partial charge in [0.05, 0.1) is 29.1 Å². The lowest BCUT2D eigenvalue weighted by atomic mass is 9.98. The van der Waals surface area contributed by atoms with Crippen LogP contribution in [0.2, 0.25) is 0 Å². The number of nitrogens with zero attached hydrogens (tertiary/aromatic N) is 6. The summed E-state index contributed by atoms with van der Waals surface area (Å²) < 4.78 is 9.02. The highest BCUT2D eigenvalue weighted by Gasteiger charge is 2.24. The summed E-state index contributed by atoms with van der Waals surface area (Å²) in [6, 6.07) is 4.08. The van der Waals surface area contributed by atoms with Crippen LogP contribution in [0.1, 0.15) is 46.5 Å².